The number of carbonyl (C=O) groups excluding carboxylic acids is 1. The second-order valence-corrected chi connectivity index (χ2v) is 10.2. The summed E-state index contributed by atoms with van der Waals surface area (Å²) < 4.78 is 42.4. The monoisotopic (exact) mass is 445 g/mol. The van der Waals surface area contributed by atoms with E-state index in [2.05, 4.69) is 10.2 Å². The molecule has 0 radical (unpaired) electrons. The van der Waals surface area contributed by atoms with Gasteiger partial charge in [0.05, 0.1) is 10.6 Å². The lowest BCUT2D eigenvalue weighted by Crippen LogP contribution is -2.41. The van der Waals surface area contributed by atoms with Gasteiger partial charge < -0.3 is 10.2 Å². The highest BCUT2D eigenvalue weighted by molar-refractivity contribution is 7.89. The van der Waals surface area contributed by atoms with Crippen LogP contribution in [0.15, 0.2) is 47.4 Å². The Labute approximate surface area is 183 Å². The molecule has 8 heteroatoms. The van der Waals surface area contributed by atoms with Gasteiger partial charge >= 0.3 is 0 Å². The number of sulfonamides is 1. The molecule has 2 fully saturated rings. The third-order valence-corrected chi connectivity index (χ3v) is 8.13. The molecule has 166 valence electrons. The number of hydrogen-bond acceptors (Lipinski definition) is 4. The van der Waals surface area contributed by atoms with Crippen molar-refractivity contribution in [3.63, 3.8) is 0 Å². The molecule has 6 nitrogen and oxygen atoms in total. The number of nitrogens with zero attached hydrogens (tertiary/aromatic N) is 2. The highest BCUT2D eigenvalue weighted by atomic mass is 32.2. The number of benzene rings is 2. The number of hydrogen-bond donors (Lipinski definition) is 1. The lowest BCUT2D eigenvalue weighted by atomic mass is 10.1. The summed E-state index contributed by atoms with van der Waals surface area (Å²) in [6.07, 6.45) is 4.72. The Kier molecular flexibility index (Phi) is 6.29. The summed E-state index contributed by atoms with van der Waals surface area (Å²) in [5, 5.41) is 2.67. The largest absolute Gasteiger partial charge is 0.370 e. The lowest BCUT2D eigenvalue weighted by molar-refractivity contribution is 0.102. The number of rotatable bonds is 5. The maximum atomic E-state index is 14.6. The van der Waals surface area contributed by atoms with Crippen LogP contribution in [0.25, 0.3) is 0 Å². The first-order valence-electron chi connectivity index (χ1n) is 10.8. The van der Waals surface area contributed by atoms with Crippen molar-refractivity contribution in [3.05, 3.63) is 53.8 Å². The second-order valence-electron chi connectivity index (χ2n) is 8.27. The highest BCUT2D eigenvalue weighted by Crippen LogP contribution is 2.32. The molecule has 2 aliphatic heterocycles. The van der Waals surface area contributed by atoms with Crippen LogP contribution in [-0.2, 0) is 10.0 Å². The predicted octanol–water partition coefficient (Wildman–Crippen LogP) is 4.24. The fourth-order valence-electron chi connectivity index (χ4n) is 4.41. The molecular formula is C23H28FN3O3S. The van der Waals surface area contributed by atoms with E-state index in [1.165, 1.54) is 22.5 Å². The fraction of sp³-hybridized carbons (Fsp3) is 0.435. The van der Waals surface area contributed by atoms with Crippen LogP contribution in [0.5, 0.6) is 0 Å². The van der Waals surface area contributed by atoms with Gasteiger partial charge in [-0.3, -0.25) is 4.79 Å². The maximum Gasteiger partial charge on any atom is 0.255 e. The number of nitrogens with one attached hydrogen (secondary N) is 1. The van der Waals surface area contributed by atoms with Crippen LogP contribution in [0.3, 0.4) is 0 Å². The van der Waals surface area contributed by atoms with Crippen LogP contribution in [0, 0.1) is 5.82 Å². The fourth-order valence-corrected chi connectivity index (χ4v) is 6.15. The van der Waals surface area contributed by atoms with Crippen LogP contribution in [0.1, 0.15) is 49.4 Å². The summed E-state index contributed by atoms with van der Waals surface area (Å²) in [4.78, 5) is 15.1. The smallest absolute Gasteiger partial charge is 0.255 e. The van der Waals surface area contributed by atoms with E-state index in [0.29, 0.717) is 12.2 Å². The molecule has 2 aromatic carbocycles. The number of halogens is 1. The van der Waals surface area contributed by atoms with Crippen LogP contribution < -0.4 is 10.2 Å². The van der Waals surface area contributed by atoms with Crippen molar-refractivity contribution in [2.75, 3.05) is 29.9 Å². The average molecular weight is 446 g/mol. The lowest BCUT2D eigenvalue weighted by Gasteiger charge is -2.32. The minimum Gasteiger partial charge on any atom is -0.370 e. The molecule has 0 aliphatic carbocycles. The molecule has 0 aromatic heterocycles. The molecule has 0 bridgehead atoms. The molecule has 0 spiro atoms. The summed E-state index contributed by atoms with van der Waals surface area (Å²) in [5.74, 6) is -1.04. The minimum absolute atomic E-state index is 0.0716. The first-order chi connectivity index (χ1) is 14.9. The van der Waals surface area contributed by atoms with Crippen molar-refractivity contribution in [2.24, 2.45) is 0 Å². The number of carbonyl (C=O) groups is 1. The van der Waals surface area contributed by atoms with Crippen molar-refractivity contribution in [1.82, 2.24) is 4.31 Å². The van der Waals surface area contributed by atoms with E-state index >= 15 is 0 Å². The van der Waals surface area contributed by atoms with Gasteiger partial charge in [0.25, 0.3) is 5.91 Å². The Morgan fingerprint density at radius 3 is 2.48 bits per heavy atom. The van der Waals surface area contributed by atoms with Crippen LogP contribution in [-0.4, -0.2) is 44.3 Å². The first kappa shape index (κ1) is 21.8. The topological polar surface area (TPSA) is 69.7 Å². The van der Waals surface area contributed by atoms with Gasteiger partial charge in [0, 0.05) is 31.2 Å². The van der Waals surface area contributed by atoms with Gasteiger partial charge in [0.2, 0.25) is 10.0 Å². The van der Waals surface area contributed by atoms with Gasteiger partial charge in [0.1, 0.15) is 11.5 Å². The summed E-state index contributed by atoms with van der Waals surface area (Å²) >= 11 is 0. The van der Waals surface area contributed by atoms with E-state index in [-0.39, 0.29) is 22.2 Å². The van der Waals surface area contributed by atoms with Gasteiger partial charge in [-0.25, -0.2) is 12.8 Å². The van der Waals surface area contributed by atoms with Crippen molar-refractivity contribution < 1.29 is 17.6 Å². The highest BCUT2D eigenvalue weighted by Gasteiger charge is 2.31. The van der Waals surface area contributed by atoms with Crippen molar-refractivity contribution in [1.29, 1.82) is 0 Å². The van der Waals surface area contributed by atoms with Gasteiger partial charge in [0.15, 0.2) is 0 Å². The Bertz CT molecular complexity index is 1070. The molecule has 2 aliphatic rings. The van der Waals surface area contributed by atoms with Crippen molar-refractivity contribution >= 4 is 27.3 Å². The molecule has 1 N–H and O–H groups in total. The molecule has 1 amide bonds. The SMILES string of the molecule is CC1CCCCN1S(=O)(=O)c1cccc(C(=O)Nc2c(F)cccc2N2CCCC2)c1. The standard InChI is InChI=1S/C23H28FN3O3S/c1-17-8-2-3-15-27(17)31(29,30)19-10-6-9-18(16-19)23(28)25-22-20(24)11-7-12-21(22)26-13-4-5-14-26/h6-7,9-12,16-17H,2-5,8,13-15H2,1H3,(H,25,28). The zero-order valence-electron chi connectivity index (χ0n) is 17.7. The first-order valence-corrected chi connectivity index (χ1v) is 12.3. The molecule has 4 rings (SSSR count). The van der Waals surface area contributed by atoms with Gasteiger partial charge in [-0.15, -0.1) is 0 Å². The van der Waals surface area contributed by atoms with Crippen molar-refractivity contribution in [2.45, 2.75) is 50.0 Å². The van der Waals surface area contributed by atoms with E-state index in [1.54, 1.807) is 24.3 Å². The van der Waals surface area contributed by atoms with Crippen LogP contribution >= 0.6 is 0 Å². The zero-order valence-corrected chi connectivity index (χ0v) is 18.5. The summed E-state index contributed by atoms with van der Waals surface area (Å²) in [5.41, 5.74) is 0.963. The van der Waals surface area contributed by atoms with Gasteiger partial charge in [-0.2, -0.15) is 4.31 Å². The van der Waals surface area contributed by atoms with Crippen molar-refractivity contribution in [3.8, 4) is 0 Å². The van der Waals surface area contributed by atoms with Gasteiger partial charge in [-0.05, 0) is 62.9 Å². The summed E-state index contributed by atoms with van der Waals surface area (Å²) in [7, 11) is -3.70. The molecule has 31 heavy (non-hydrogen) atoms. The van der Waals surface area contributed by atoms with E-state index in [0.717, 1.165) is 45.2 Å². The third-order valence-electron chi connectivity index (χ3n) is 6.12. The normalized spacial score (nSPS) is 20.1. The molecule has 0 saturated carbocycles. The maximum absolute atomic E-state index is 14.6. The average Bonchev–Trinajstić information content (AvgIpc) is 3.30. The van der Waals surface area contributed by atoms with E-state index in [4.69, 9.17) is 0 Å². The molecule has 2 aromatic rings. The second kappa shape index (κ2) is 8.96. The minimum atomic E-state index is -3.70. The number of anilines is 2. The third kappa shape index (κ3) is 4.45. The van der Waals surface area contributed by atoms with Gasteiger partial charge in [-0.1, -0.05) is 18.6 Å². The Balaban J connectivity index is 1.60. The molecule has 2 saturated heterocycles. The predicted molar refractivity (Wildman–Crippen MR) is 119 cm³/mol. The van der Waals surface area contributed by atoms with E-state index in [9.17, 15) is 17.6 Å². The molecule has 2 heterocycles. The summed E-state index contributed by atoms with van der Waals surface area (Å²) in [6, 6.07) is 10.7. The Morgan fingerprint density at radius 1 is 1.03 bits per heavy atom. The molecule has 1 unspecified atom stereocenters. The van der Waals surface area contributed by atoms with E-state index in [1.807, 2.05) is 6.92 Å². The summed E-state index contributed by atoms with van der Waals surface area (Å²) in [6.45, 7) is 4.02. The number of amides is 1. The van der Waals surface area contributed by atoms with Crippen LogP contribution in [0.4, 0.5) is 15.8 Å². The molecular weight excluding hydrogens is 417 g/mol. The molecule has 1 atom stereocenters. The zero-order chi connectivity index (χ0) is 22.0. The Hall–Kier alpha value is -2.45. The number of para-hydroxylation sites is 1. The Morgan fingerprint density at radius 2 is 1.74 bits per heavy atom. The number of piperidine rings is 1. The van der Waals surface area contributed by atoms with Crippen LogP contribution in [0.2, 0.25) is 0 Å². The van der Waals surface area contributed by atoms with E-state index < -0.39 is 21.7 Å². The quantitative estimate of drug-likeness (QED) is 0.747.